The van der Waals surface area contributed by atoms with Crippen molar-refractivity contribution in [2.75, 3.05) is 7.11 Å². The maximum absolute atomic E-state index is 12.9. The number of hydrogen-bond donors (Lipinski definition) is 0. The maximum Gasteiger partial charge on any atom is 0.358 e. The van der Waals surface area contributed by atoms with Crippen LogP contribution in [0.2, 0.25) is 5.15 Å². The Labute approximate surface area is 143 Å². The third kappa shape index (κ3) is 2.65. The monoisotopic (exact) mass is 364 g/mol. The molecule has 0 saturated carbocycles. The number of fused-ring (bicyclic) bond motifs is 1. The van der Waals surface area contributed by atoms with E-state index < -0.39 is 16.0 Å². The van der Waals surface area contributed by atoms with Gasteiger partial charge in [0.1, 0.15) is 5.15 Å². The van der Waals surface area contributed by atoms with Gasteiger partial charge in [0.15, 0.2) is 5.69 Å². The fraction of sp³-hybridized carbons (Fsp3) is 0.125. The summed E-state index contributed by atoms with van der Waals surface area (Å²) in [5, 5.41) is 0.555. The standard InChI is InChI=1S/C16H13ClN2O4S/c1-10-3-5-12(6-4-10)24(21,22)19-8-7-11-9-13(17)18-14(15(11)19)16(20)23-2/h3-9H,1-2H3. The zero-order valence-electron chi connectivity index (χ0n) is 12.9. The van der Waals surface area contributed by atoms with E-state index in [0.29, 0.717) is 5.39 Å². The van der Waals surface area contributed by atoms with Gasteiger partial charge in [-0.15, -0.1) is 0 Å². The van der Waals surface area contributed by atoms with Crippen LogP contribution in [0.15, 0.2) is 47.5 Å². The van der Waals surface area contributed by atoms with E-state index in [9.17, 15) is 13.2 Å². The molecule has 6 nitrogen and oxygen atoms in total. The summed E-state index contributed by atoms with van der Waals surface area (Å²) in [5.41, 5.74) is 0.919. The molecule has 24 heavy (non-hydrogen) atoms. The van der Waals surface area contributed by atoms with Gasteiger partial charge in [-0.25, -0.2) is 22.2 Å². The van der Waals surface area contributed by atoms with Crippen molar-refractivity contribution in [1.82, 2.24) is 8.96 Å². The first-order valence-electron chi connectivity index (χ1n) is 6.93. The largest absolute Gasteiger partial charge is 0.464 e. The number of aromatic nitrogens is 2. The molecule has 2 heterocycles. The molecule has 0 N–H and O–H groups in total. The van der Waals surface area contributed by atoms with Gasteiger partial charge in [-0.05, 0) is 31.2 Å². The number of aryl methyl sites for hydroxylation is 1. The Morgan fingerprint density at radius 1 is 1.21 bits per heavy atom. The van der Waals surface area contributed by atoms with E-state index >= 15 is 0 Å². The van der Waals surface area contributed by atoms with Gasteiger partial charge >= 0.3 is 5.97 Å². The Kier molecular flexibility index (Phi) is 4.06. The van der Waals surface area contributed by atoms with Crippen LogP contribution in [0.5, 0.6) is 0 Å². The van der Waals surface area contributed by atoms with Crippen LogP contribution in [0.3, 0.4) is 0 Å². The Bertz CT molecular complexity index is 1040. The van der Waals surface area contributed by atoms with Crippen LogP contribution in [0, 0.1) is 6.92 Å². The third-order valence-corrected chi connectivity index (χ3v) is 5.44. The lowest BCUT2D eigenvalue weighted by atomic mass is 10.2. The predicted molar refractivity (Wildman–Crippen MR) is 89.8 cm³/mol. The number of esters is 1. The molecule has 2 aromatic heterocycles. The minimum atomic E-state index is -3.89. The van der Waals surface area contributed by atoms with E-state index in [1.165, 1.54) is 31.5 Å². The molecule has 1 aromatic carbocycles. The van der Waals surface area contributed by atoms with Gasteiger partial charge < -0.3 is 4.74 Å². The second-order valence-electron chi connectivity index (χ2n) is 5.15. The van der Waals surface area contributed by atoms with Crippen LogP contribution in [0.4, 0.5) is 0 Å². The zero-order valence-corrected chi connectivity index (χ0v) is 14.4. The zero-order chi connectivity index (χ0) is 17.5. The molecule has 0 aliphatic heterocycles. The van der Waals surface area contributed by atoms with E-state index in [1.54, 1.807) is 18.2 Å². The summed E-state index contributed by atoms with van der Waals surface area (Å²) < 4.78 is 31.5. The smallest absolute Gasteiger partial charge is 0.358 e. The molecule has 0 aliphatic rings. The van der Waals surface area contributed by atoms with Crippen LogP contribution in [-0.4, -0.2) is 30.5 Å². The number of carbonyl (C=O) groups is 1. The van der Waals surface area contributed by atoms with Gasteiger partial charge in [-0.3, -0.25) is 0 Å². The van der Waals surface area contributed by atoms with Crippen molar-refractivity contribution in [3.63, 3.8) is 0 Å². The molecule has 3 aromatic rings. The highest BCUT2D eigenvalue weighted by atomic mass is 35.5. The molecule has 0 atom stereocenters. The molecular formula is C16H13ClN2O4S. The van der Waals surface area contributed by atoms with E-state index in [2.05, 4.69) is 9.72 Å². The highest BCUT2D eigenvalue weighted by Gasteiger charge is 2.24. The Morgan fingerprint density at radius 3 is 2.50 bits per heavy atom. The molecule has 3 rings (SSSR count). The number of benzene rings is 1. The number of carbonyl (C=O) groups excluding carboxylic acids is 1. The van der Waals surface area contributed by atoms with Gasteiger partial charge in [-0.1, -0.05) is 29.3 Å². The quantitative estimate of drug-likeness (QED) is 0.527. The fourth-order valence-corrected chi connectivity index (χ4v) is 3.93. The minimum absolute atomic E-state index is 0.0772. The van der Waals surface area contributed by atoms with Gasteiger partial charge in [0.05, 0.1) is 17.5 Å². The highest BCUT2D eigenvalue weighted by molar-refractivity contribution is 7.90. The van der Waals surface area contributed by atoms with Crippen molar-refractivity contribution in [3.05, 3.63) is 59.0 Å². The molecule has 0 fully saturated rings. The van der Waals surface area contributed by atoms with Crippen molar-refractivity contribution < 1.29 is 17.9 Å². The van der Waals surface area contributed by atoms with Gasteiger partial charge in [0.2, 0.25) is 0 Å². The molecule has 0 spiro atoms. The molecule has 0 aliphatic carbocycles. The van der Waals surface area contributed by atoms with E-state index in [0.717, 1.165) is 9.54 Å². The average Bonchev–Trinajstić information content (AvgIpc) is 2.98. The summed E-state index contributed by atoms with van der Waals surface area (Å²) in [6, 6.07) is 9.48. The number of ether oxygens (including phenoxy) is 1. The average molecular weight is 365 g/mol. The highest BCUT2D eigenvalue weighted by Crippen LogP contribution is 2.27. The second-order valence-corrected chi connectivity index (χ2v) is 7.35. The first-order valence-corrected chi connectivity index (χ1v) is 8.74. The van der Waals surface area contributed by atoms with Gasteiger partial charge in [0.25, 0.3) is 10.0 Å². The molecule has 0 amide bonds. The van der Waals surface area contributed by atoms with E-state index in [4.69, 9.17) is 11.6 Å². The van der Waals surface area contributed by atoms with Crippen molar-refractivity contribution in [3.8, 4) is 0 Å². The SMILES string of the molecule is COC(=O)c1nc(Cl)cc2ccn(S(=O)(=O)c3ccc(C)cc3)c12. The summed E-state index contributed by atoms with van der Waals surface area (Å²) in [6.45, 7) is 1.86. The molecule has 0 bridgehead atoms. The number of pyridine rings is 1. The second kappa shape index (κ2) is 5.92. The maximum atomic E-state index is 12.9. The first kappa shape index (κ1) is 16.5. The number of halogens is 1. The number of rotatable bonds is 3. The predicted octanol–water partition coefficient (Wildman–Crippen LogP) is 3.02. The third-order valence-electron chi connectivity index (χ3n) is 3.56. The molecule has 8 heteroatoms. The normalized spacial score (nSPS) is 11.6. The van der Waals surface area contributed by atoms with Crippen molar-refractivity contribution >= 4 is 38.5 Å². The fourth-order valence-electron chi connectivity index (χ4n) is 2.37. The summed E-state index contributed by atoms with van der Waals surface area (Å²) in [5.74, 6) is -0.762. The Balaban J connectivity index is 2.31. The molecular weight excluding hydrogens is 352 g/mol. The van der Waals surface area contributed by atoms with Crippen molar-refractivity contribution in [2.45, 2.75) is 11.8 Å². The lowest BCUT2D eigenvalue weighted by Crippen LogP contribution is -2.15. The Hall–Kier alpha value is -2.38. The molecule has 0 saturated heterocycles. The van der Waals surface area contributed by atoms with E-state index in [1.807, 2.05) is 6.92 Å². The molecule has 0 unspecified atom stereocenters. The van der Waals surface area contributed by atoms with Crippen LogP contribution < -0.4 is 0 Å². The summed E-state index contributed by atoms with van der Waals surface area (Å²) in [4.78, 5) is 16.0. The molecule has 124 valence electrons. The lowest BCUT2D eigenvalue weighted by Gasteiger charge is -2.10. The Morgan fingerprint density at radius 2 is 1.88 bits per heavy atom. The summed E-state index contributed by atoms with van der Waals surface area (Å²) in [7, 11) is -2.70. The van der Waals surface area contributed by atoms with Crippen LogP contribution in [0.1, 0.15) is 16.1 Å². The van der Waals surface area contributed by atoms with Crippen molar-refractivity contribution in [1.29, 1.82) is 0 Å². The lowest BCUT2D eigenvalue weighted by molar-refractivity contribution is 0.0596. The summed E-state index contributed by atoms with van der Waals surface area (Å²) in [6.07, 6.45) is 1.37. The minimum Gasteiger partial charge on any atom is -0.464 e. The van der Waals surface area contributed by atoms with Crippen molar-refractivity contribution in [2.24, 2.45) is 0 Å². The van der Waals surface area contributed by atoms with Crippen LogP contribution >= 0.6 is 11.6 Å². The van der Waals surface area contributed by atoms with Crippen LogP contribution in [0.25, 0.3) is 10.9 Å². The number of nitrogens with zero attached hydrogens (tertiary/aromatic N) is 2. The van der Waals surface area contributed by atoms with E-state index in [-0.39, 0.29) is 21.3 Å². The number of methoxy groups -OCH3 is 1. The molecule has 0 radical (unpaired) electrons. The topological polar surface area (TPSA) is 78.3 Å². The van der Waals surface area contributed by atoms with Gasteiger partial charge in [0, 0.05) is 11.6 Å². The first-order chi connectivity index (χ1) is 11.3. The van der Waals surface area contributed by atoms with Gasteiger partial charge in [-0.2, -0.15) is 0 Å². The van der Waals surface area contributed by atoms with Crippen LogP contribution in [-0.2, 0) is 14.8 Å². The number of hydrogen-bond acceptors (Lipinski definition) is 5. The summed E-state index contributed by atoms with van der Waals surface area (Å²) >= 11 is 5.91.